The van der Waals surface area contributed by atoms with Crippen LogP contribution in [-0.4, -0.2) is 25.3 Å². The van der Waals surface area contributed by atoms with Crippen LogP contribution in [0.2, 0.25) is 0 Å². The van der Waals surface area contributed by atoms with E-state index in [-0.39, 0.29) is 0 Å². The standard InChI is InChI=1S/C14H24N2/c1-9(2)14-11-4-3-5-16-13(11)6-10-7-15-8-12(10)14/h9-12,14-15H,3-8H2,1-2H3. The van der Waals surface area contributed by atoms with E-state index in [4.69, 9.17) is 4.99 Å². The smallest absolute Gasteiger partial charge is 0.0389 e. The van der Waals surface area contributed by atoms with Gasteiger partial charge in [-0.2, -0.15) is 0 Å². The van der Waals surface area contributed by atoms with Gasteiger partial charge >= 0.3 is 0 Å². The number of fused-ring (bicyclic) bond motifs is 2. The van der Waals surface area contributed by atoms with Crippen molar-refractivity contribution in [3.8, 4) is 0 Å². The average Bonchev–Trinajstić information content (AvgIpc) is 2.72. The Kier molecular flexibility index (Phi) is 2.78. The van der Waals surface area contributed by atoms with E-state index in [0.29, 0.717) is 0 Å². The summed E-state index contributed by atoms with van der Waals surface area (Å²) in [5.74, 6) is 4.37. The fraction of sp³-hybridized carbons (Fsp3) is 0.929. The molecule has 1 saturated heterocycles. The van der Waals surface area contributed by atoms with Crippen molar-refractivity contribution in [1.29, 1.82) is 0 Å². The van der Waals surface area contributed by atoms with E-state index < -0.39 is 0 Å². The Morgan fingerprint density at radius 2 is 2.19 bits per heavy atom. The van der Waals surface area contributed by atoms with Gasteiger partial charge in [-0.25, -0.2) is 0 Å². The summed E-state index contributed by atoms with van der Waals surface area (Å²) in [5.41, 5.74) is 1.58. The van der Waals surface area contributed by atoms with Crippen LogP contribution in [0.4, 0.5) is 0 Å². The van der Waals surface area contributed by atoms with Crippen molar-refractivity contribution in [2.24, 2.45) is 34.6 Å². The van der Waals surface area contributed by atoms with E-state index in [9.17, 15) is 0 Å². The predicted octanol–water partition coefficient (Wildman–Crippen LogP) is 2.35. The summed E-state index contributed by atoms with van der Waals surface area (Å²) in [7, 11) is 0. The van der Waals surface area contributed by atoms with Gasteiger partial charge in [-0.15, -0.1) is 0 Å². The Balaban J connectivity index is 1.91. The molecule has 0 aromatic heterocycles. The summed E-state index contributed by atoms with van der Waals surface area (Å²) in [6.07, 6.45) is 4.03. The zero-order chi connectivity index (χ0) is 11.1. The van der Waals surface area contributed by atoms with E-state index in [1.54, 1.807) is 5.71 Å². The molecule has 3 rings (SSSR count). The van der Waals surface area contributed by atoms with Crippen LogP contribution >= 0.6 is 0 Å². The van der Waals surface area contributed by atoms with Crippen molar-refractivity contribution >= 4 is 5.71 Å². The highest BCUT2D eigenvalue weighted by molar-refractivity contribution is 5.88. The number of hydrogen-bond donors (Lipinski definition) is 1. The minimum atomic E-state index is 0.820. The lowest BCUT2D eigenvalue weighted by Crippen LogP contribution is -2.44. The number of nitrogens with one attached hydrogen (secondary N) is 1. The second-order valence-corrected chi connectivity index (χ2v) is 6.23. The van der Waals surface area contributed by atoms with Gasteiger partial charge in [-0.1, -0.05) is 13.8 Å². The van der Waals surface area contributed by atoms with Gasteiger partial charge in [0.05, 0.1) is 0 Å². The van der Waals surface area contributed by atoms with Gasteiger partial charge < -0.3 is 5.32 Å². The first-order chi connectivity index (χ1) is 7.77. The lowest BCUT2D eigenvalue weighted by Gasteiger charge is -2.44. The minimum Gasteiger partial charge on any atom is -0.316 e. The monoisotopic (exact) mass is 220 g/mol. The summed E-state index contributed by atoms with van der Waals surface area (Å²) in [6.45, 7) is 8.42. The minimum absolute atomic E-state index is 0.820. The Morgan fingerprint density at radius 3 is 3.00 bits per heavy atom. The summed E-state index contributed by atoms with van der Waals surface area (Å²) in [6, 6.07) is 0. The van der Waals surface area contributed by atoms with Crippen LogP contribution in [0.25, 0.3) is 0 Å². The Bertz CT molecular complexity index is 295. The Hall–Kier alpha value is -0.370. The highest BCUT2D eigenvalue weighted by Gasteiger charge is 2.45. The topological polar surface area (TPSA) is 24.4 Å². The van der Waals surface area contributed by atoms with Gasteiger partial charge in [-0.3, -0.25) is 4.99 Å². The molecule has 0 radical (unpaired) electrons. The van der Waals surface area contributed by atoms with E-state index >= 15 is 0 Å². The fourth-order valence-corrected chi connectivity index (χ4v) is 4.40. The summed E-state index contributed by atoms with van der Waals surface area (Å²) in [4.78, 5) is 4.83. The third-order valence-electron chi connectivity index (χ3n) is 5.01. The number of nitrogens with zero attached hydrogens (tertiary/aromatic N) is 1. The molecule has 1 saturated carbocycles. The highest BCUT2D eigenvalue weighted by atomic mass is 14.9. The van der Waals surface area contributed by atoms with Gasteiger partial charge in [-0.05, 0) is 56.0 Å². The number of aliphatic imine (C=N–C) groups is 1. The van der Waals surface area contributed by atoms with Crippen molar-refractivity contribution < 1.29 is 0 Å². The summed E-state index contributed by atoms with van der Waals surface area (Å²) >= 11 is 0. The molecule has 0 bridgehead atoms. The van der Waals surface area contributed by atoms with Crippen molar-refractivity contribution in [3.05, 3.63) is 0 Å². The normalized spacial score (nSPS) is 42.8. The molecule has 90 valence electrons. The van der Waals surface area contributed by atoms with Crippen LogP contribution in [0.1, 0.15) is 33.1 Å². The third kappa shape index (κ3) is 1.62. The molecular weight excluding hydrogens is 196 g/mol. The zero-order valence-corrected chi connectivity index (χ0v) is 10.6. The molecule has 3 aliphatic rings. The Morgan fingerprint density at radius 1 is 1.31 bits per heavy atom. The molecule has 2 aliphatic heterocycles. The van der Waals surface area contributed by atoms with Crippen LogP contribution in [0.5, 0.6) is 0 Å². The SMILES string of the molecule is CC(C)C1C2CCCN=C2CC2CNCC21. The molecule has 2 heterocycles. The second-order valence-electron chi connectivity index (χ2n) is 6.23. The van der Waals surface area contributed by atoms with E-state index in [1.165, 1.54) is 32.4 Å². The first kappa shape index (κ1) is 10.8. The quantitative estimate of drug-likeness (QED) is 0.721. The van der Waals surface area contributed by atoms with Crippen LogP contribution in [0, 0.1) is 29.6 Å². The largest absolute Gasteiger partial charge is 0.316 e. The number of hydrogen-bond acceptors (Lipinski definition) is 2. The van der Waals surface area contributed by atoms with Gasteiger partial charge in [0.1, 0.15) is 0 Å². The van der Waals surface area contributed by atoms with Crippen molar-refractivity contribution in [1.82, 2.24) is 5.32 Å². The maximum Gasteiger partial charge on any atom is 0.0389 e. The van der Waals surface area contributed by atoms with Gasteiger partial charge in [0.25, 0.3) is 0 Å². The molecule has 4 unspecified atom stereocenters. The van der Waals surface area contributed by atoms with Crippen molar-refractivity contribution in [3.63, 3.8) is 0 Å². The maximum atomic E-state index is 4.83. The van der Waals surface area contributed by atoms with Gasteiger partial charge in [0, 0.05) is 18.2 Å². The molecule has 0 aromatic rings. The lowest BCUT2D eigenvalue weighted by molar-refractivity contribution is 0.145. The lowest BCUT2D eigenvalue weighted by atomic mass is 9.61. The molecule has 1 N–H and O–H groups in total. The highest BCUT2D eigenvalue weighted by Crippen LogP contribution is 2.45. The fourth-order valence-electron chi connectivity index (χ4n) is 4.40. The predicted molar refractivity (Wildman–Crippen MR) is 67.8 cm³/mol. The Labute approximate surface area is 98.9 Å². The van der Waals surface area contributed by atoms with Gasteiger partial charge in [0.2, 0.25) is 0 Å². The van der Waals surface area contributed by atoms with E-state index in [1.807, 2.05) is 0 Å². The molecule has 4 atom stereocenters. The molecule has 0 aromatic carbocycles. The molecule has 0 spiro atoms. The summed E-state index contributed by atoms with van der Waals surface area (Å²) in [5, 5.41) is 3.60. The molecule has 2 heteroatoms. The number of rotatable bonds is 1. The molecule has 16 heavy (non-hydrogen) atoms. The maximum absolute atomic E-state index is 4.83. The van der Waals surface area contributed by atoms with Crippen molar-refractivity contribution in [2.75, 3.05) is 19.6 Å². The van der Waals surface area contributed by atoms with E-state index in [0.717, 1.165) is 36.1 Å². The summed E-state index contributed by atoms with van der Waals surface area (Å²) < 4.78 is 0. The molecular formula is C14H24N2. The first-order valence-electron chi connectivity index (χ1n) is 7.01. The van der Waals surface area contributed by atoms with Crippen LogP contribution < -0.4 is 5.32 Å². The zero-order valence-electron chi connectivity index (χ0n) is 10.6. The molecule has 1 aliphatic carbocycles. The van der Waals surface area contributed by atoms with Crippen LogP contribution in [-0.2, 0) is 0 Å². The van der Waals surface area contributed by atoms with E-state index in [2.05, 4.69) is 19.2 Å². The average molecular weight is 220 g/mol. The van der Waals surface area contributed by atoms with Crippen LogP contribution in [0.15, 0.2) is 4.99 Å². The first-order valence-corrected chi connectivity index (χ1v) is 7.01. The molecule has 2 nitrogen and oxygen atoms in total. The molecule has 2 fully saturated rings. The van der Waals surface area contributed by atoms with Crippen molar-refractivity contribution in [2.45, 2.75) is 33.1 Å². The van der Waals surface area contributed by atoms with Gasteiger partial charge in [0.15, 0.2) is 0 Å². The third-order valence-corrected chi connectivity index (χ3v) is 5.01. The molecule has 0 amide bonds. The van der Waals surface area contributed by atoms with Crippen LogP contribution in [0.3, 0.4) is 0 Å². The second kappa shape index (κ2) is 4.14.